The molecule has 4 rings (SSSR count). The Balaban J connectivity index is 1.61. The van der Waals surface area contributed by atoms with Gasteiger partial charge >= 0.3 is 0 Å². The van der Waals surface area contributed by atoms with Crippen molar-refractivity contribution in [1.82, 2.24) is 9.97 Å². The second kappa shape index (κ2) is 6.77. The number of carbonyl (C=O) groups is 1. The van der Waals surface area contributed by atoms with Crippen molar-refractivity contribution in [2.75, 3.05) is 7.11 Å². The summed E-state index contributed by atoms with van der Waals surface area (Å²) in [5.74, 6) is 0.856. The number of hydrogen-bond donors (Lipinski definition) is 0. The Labute approximate surface area is 154 Å². The number of aromatic nitrogens is 2. The van der Waals surface area contributed by atoms with Crippen molar-refractivity contribution in [2.24, 2.45) is 0 Å². The Hall–Kier alpha value is -1.92. The first-order chi connectivity index (χ1) is 12.2. The lowest BCUT2D eigenvalue weighted by Gasteiger charge is -2.11. The molecule has 0 amide bonds. The number of fused-ring (bicyclic) bond motifs is 3. The van der Waals surface area contributed by atoms with Gasteiger partial charge in [-0.3, -0.25) is 4.79 Å². The summed E-state index contributed by atoms with van der Waals surface area (Å²) in [6, 6.07) is 7.27. The maximum atomic E-state index is 12.8. The average molecular weight is 370 g/mol. The highest BCUT2D eigenvalue weighted by Gasteiger charge is 2.24. The zero-order chi connectivity index (χ0) is 17.4. The highest BCUT2D eigenvalue weighted by molar-refractivity contribution is 8.00. The third-order valence-corrected chi connectivity index (χ3v) is 6.80. The molecule has 0 bridgehead atoms. The van der Waals surface area contributed by atoms with Crippen LogP contribution in [0.3, 0.4) is 0 Å². The Kier molecular flexibility index (Phi) is 4.48. The summed E-state index contributed by atoms with van der Waals surface area (Å²) in [6.07, 6.45) is 5.05. The molecule has 0 unspecified atom stereocenters. The minimum Gasteiger partial charge on any atom is -0.497 e. The molecule has 0 aliphatic heterocycles. The number of Topliss-reactive ketones (excluding diaryl/α,β-unsaturated/α-hetero) is 1. The van der Waals surface area contributed by atoms with Crippen molar-refractivity contribution >= 4 is 39.1 Å². The van der Waals surface area contributed by atoms with Crippen LogP contribution in [0.1, 0.15) is 34.1 Å². The number of ether oxygens (including phenoxy) is 1. The van der Waals surface area contributed by atoms with Gasteiger partial charge in [-0.05, 0) is 56.0 Å². The normalized spacial score (nSPS) is 14.5. The van der Waals surface area contributed by atoms with Crippen LogP contribution in [-0.2, 0) is 12.8 Å². The van der Waals surface area contributed by atoms with Gasteiger partial charge in [0, 0.05) is 15.8 Å². The molecule has 3 aromatic rings. The second-order valence-corrected chi connectivity index (χ2v) is 8.48. The Bertz CT molecular complexity index is 934. The molecule has 0 fully saturated rings. The van der Waals surface area contributed by atoms with Crippen LogP contribution in [0.4, 0.5) is 0 Å². The smallest absolute Gasteiger partial charge is 0.175 e. The molecular formula is C19H18N2O2S2. The number of rotatable bonds is 5. The predicted octanol–water partition coefficient (Wildman–Crippen LogP) is 4.55. The summed E-state index contributed by atoms with van der Waals surface area (Å²) < 4.78 is 5.15. The largest absolute Gasteiger partial charge is 0.497 e. The van der Waals surface area contributed by atoms with Crippen molar-refractivity contribution in [1.29, 1.82) is 0 Å². The number of hydrogen-bond acceptors (Lipinski definition) is 6. The maximum Gasteiger partial charge on any atom is 0.175 e. The van der Waals surface area contributed by atoms with E-state index in [0.717, 1.165) is 28.4 Å². The zero-order valence-corrected chi connectivity index (χ0v) is 15.7. The molecule has 0 radical (unpaired) electrons. The number of aryl methyl sites for hydroxylation is 2. The first-order valence-corrected chi connectivity index (χ1v) is 9.97. The number of thiophene rings is 1. The van der Waals surface area contributed by atoms with Crippen LogP contribution in [0.2, 0.25) is 0 Å². The summed E-state index contributed by atoms with van der Waals surface area (Å²) in [5, 5.41) is 1.89. The van der Waals surface area contributed by atoms with Gasteiger partial charge in [-0.25, -0.2) is 9.97 Å². The Morgan fingerprint density at radius 3 is 2.80 bits per heavy atom. The fourth-order valence-electron chi connectivity index (χ4n) is 3.20. The lowest BCUT2D eigenvalue weighted by molar-refractivity contribution is 0.0994. The van der Waals surface area contributed by atoms with Gasteiger partial charge in [-0.2, -0.15) is 0 Å². The fraction of sp³-hybridized carbons (Fsp3) is 0.316. The number of nitrogens with zero attached hydrogens (tertiary/aromatic N) is 2. The molecule has 128 valence electrons. The number of methoxy groups -OCH3 is 1. The molecule has 0 N–H and O–H groups in total. The van der Waals surface area contributed by atoms with Crippen LogP contribution >= 0.6 is 23.1 Å². The van der Waals surface area contributed by atoms with Crippen LogP contribution < -0.4 is 4.74 Å². The predicted molar refractivity (Wildman–Crippen MR) is 102 cm³/mol. The van der Waals surface area contributed by atoms with Crippen molar-refractivity contribution in [3.63, 3.8) is 0 Å². The van der Waals surface area contributed by atoms with E-state index in [1.807, 2.05) is 31.2 Å². The molecule has 0 saturated carbocycles. The van der Waals surface area contributed by atoms with E-state index in [1.54, 1.807) is 24.8 Å². The van der Waals surface area contributed by atoms with E-state index in [9.17, 15) is 4.79 Å². The first kappa shape index (κ1) is 16.5. The molecule has 4 nitrogen and oxygen atoms in total. The standard InChI is InChI=1S/C19H18N2O2S2/c1-11(17(22)12-6-8-13(23-2)9-7-12)24-18-16-14-4-3-5-15(14)25-19(16)21-10-20-18/h6-11H,3-5H2,1-2H3/t11-/m1/s1. The average Bonchev–Trinajstić information content (AvgIpc) is 3.22. The van der Waals surface area contributed by atoms with E-state index < -0.39 is 0 Å². The molecule has 1 aliphatic rings. The number of benzene rings is 1. The van der Waals surface area contributed by atoms with E-state index in [2.05, 4.69) is 9.97 Å². The topological polar surface area (TPSA) is 52.1 Å². The third kappa shape index (κ3) is 3.04. The Morgan fingerprint density at radius 1 is 1.24 bits per heavy atom. The quantitative estimate of drug-likeness (QED) is 0.375. The molecule has 1 aliphatic carbocycles. The van der Waals surface area contributed by atoms with Crippen molar-refractivity contribution < 1.29 is 9.53 Å². The highest BCUT2D eigenvalue weighted by atomic mass is 32.2. The molecule has 0 spiro atoms. The molecule has 6 heteroatoms. The number of thioether (sulfide) groups is 1. The van der Waals surface area contributed by atoms with Crippen LogP contribution in [0.5, 0.6) is 5.75 Å². The lowest BCUT2D eigenvalue weighted by Crippen LogP contribution is -2.13. The number of carbonyl (C=O) groups excluding carboxylic acids is 1. The zero-order valence-electron chi connectivity index (χ0n) is 14.1. The van der Waals surface area contributed by atoms with Gasteiger partial charge < -0.3 is 4.74 Å². The third-order valence-electron chi connectivity index (χ3n) is 4.50. The minimum atomic E-state index is -0.205. The van der Waals surface area contributed by atoms with Crippen molar-refractivity contribution in [3.05, 3.63) is 46.6 Å². The summed E-state index contributed by atoms with van der Waals surface area (Å²) >= 11 is 3.30. The van der Waals surface area contributed by atoms with E-state index in [0.29, 0.717) is 5.56 Å². The molecule has 0 saturated heterocycles. The Morgan fingerprint density at radius 2 is 2.04 bits per heavy atom. The van der Waals surface area contributed by atoms with Gasteiger partial charge in [-0.15, -0.1) is 11.3 Å². The fourth-order valence-corrected chi connectivity index (χ4v) is 5.52. The summed E-state index contributed by atoms with van der Waals surface area (Å²) in [4.78, 5) is 24.2. The lowest BCUT2D eigenvalue weighted by atomic mass is 10.1. The molecule has 25 heavy (non-hydrogen) atoms. The van der Waals surface area contributed by atoms with Gasteiger partial charge in [-0.1, -0.05) is 11.8 Å². The van der Waals surface area contributed by atoms with Crippen LogP contribution in [0, 0.1) is 0 Å². The molecule has 1 aromatic carbocycles. The molecular weight excluding hydrogens is 352 g/mol. The van der Waals surface area contributed by atoms with Crippen LogP contribution in [0.15, 0.2) is 35.6 Å². The summed E-state index contributed by atoms with van der Waals surface area (Å²) in [6.45, 7) is 1.94. The SMILES string of the molecule is COc1ccc(C(=O)[C@@H](C)Sc2ncnc3sc4c(c23)CCC4)cc1. The van der Waals surface area contributed by atoms with Gasteiger partial charge in [0.15, 0.2) is 5.78 Å². The minimum absolute atomic E-state index is 0.103. The summed E-state index contributed by atoms with van der Waals surface area (Å²) in [7, 11) is 1.62. The van der Waals surface area contributed by atoms with Crippen molar-refractivity contribution in [3.8, 4) is 5.75 Å². The van der Waals surface area contributed by atoms with E-state index in [1.165, 1.54) is 34.0 Å². The first-order valence-electron chi connectivity index (χ1n) is 8.27. The van der Waals surface area contributed by atoms with Gasteiger partial charge in [0.1, 0.15) is 21.9 Å². The van der Waals surface area contributed by atoms with Crippen molar-refractivity contribution in [2.45, 2.75) is 36.5 Å². The summed E-state index contributed by atoms with van der Waals surface area (Å²) in [5.41, 5.74) is 2.09. The van der Waals surface area contributed by atoms with Gasteiger partial charge in [0.25, 0.3) is 0 Å². The van der Waals surface area contributed by atoms with Crippen LogP contribution in [-0.4, -0.2) is 28.1 Å². The van der Waals surface area contributed by atoms with Gasteiger partial charge in [0.05, 0.1) is 12.4 Å². The van der Waals surface area contributed by atoms with E-state index in [4.69, 9.17) is 4.74 Å². The monoisotopic (exact) mass is 370 g/mol. The van der Waals surface area contributed by atoms with Crippen LogP contribution in [0.25, 0.3) is 10.2 Å². The van der Waals surface area contributed by atoms with E-state index >= 15 is 0 Å². The highest BCUT2D eigenvalue weighted by Crippen LogP contribution is 2.41. The second-order valence-electron chi connectivity index (χ2n) is 6.07. The molecule has 1 atom stereocenters. The number of ketones is 1. The van der Waals surface area contributed by atoms with Gasteiger partial charge in [0.2, 0.25) is 0 Å². The molecule has 2 heterocycles. The van der Waals surface area contributed by atoms with E-state index in [-0.39, 0.29) is 11.0 Å². The molecule has 2 aromatic heterocycles. The maximum absolute atomic E-state index is 12.8.